The molecule has 1 aliphatic rings. The predicted octanol–water partition coefficient (Wildman–Crippen LogP) is 12.4. The summed E-state index contributed by atoms with van der Waals surface area (Å²) in [6, 6.07) is 0. The normalized spacial score (nSPS) is 21.0. The van der Waals surface area contributed by atoms with Gasteiger partial charge >= 0.3 is 19.8 Å². The standard InChI is InChI=1S/C53H103O13P/c1-3-5-7-9-11-13-15-17-19-21-22-23-24-26-28-30-32-34-36-38-40-42-47(55)65-45(44-64-67(61,62)66-53-51(59)49(57)48(56)50(58)52(53)60)43-63-46(54)41-39-37-35-33-31-29-27-25-20-18-16-14-12-10-8-6-4-2/h45,48-53,56-60H,3-44H2,1-2H3,(H,61,62). The Bertz CT molecular complexity index is 1180. The monoisotopic (exact) mass is 979 g/mol. The maximum absolute atomic E-state index is 12.9. The van der Waals surface area contributed by atoms with Gasteiger partial charge in [-0.25, -0.2) is 4.57 Å². The van der Waals surface area contributed by atoms with Crippen LogP contribution in [0.4, 0.5) is 0 Å². The number of hydrogen-bond donors (Lipinski definition) is 6. The van der Waals surface area contributed by atoms with Crippen molar-refractivity contribution in [1.82, 2.24) is 0 Å². The molecule has 0 aromatic rings. The van der Waals surface area contributed by atoms with Crippen molar-refractivity contribution in [2.75, 3.05) is 13.2 Å². The van der Waals surface area contributed by atoms with Gasteiger partial charge in [0.05, 0.1) is 6.61 Å². The van der Waals surface area contributed by atoms with Crippen molar-refractivity contribution in [3.63, 3.8) is 0 Å². The summed E-state index contributed by atoms with van der Waals surface area (Å²) < 4.78 is 33.7. The molecule has 6 atom stereocenters. The van der Waals surface area contributed by atoms with Gasteiger partial charge < -0.3 is 39.9 Å². The molecule has 0 heterocycles. The molecule has 6 N–H and O–H groups in total. The van der Waals surface area contributed by atoms with Crippen LogP contribution in [0, 0.1) is 0 Å². The van der Waals surface area contributed by atoms with Crippen molar-refractivity contribution < 1.29 is 63.1 Å². The van der Waals surface area contributed by atoms with Crippen LogP contribution in [0.25, 0.3) is 0 Å². The number of phosphoric ester groups is 1. The fourth-order valence-corrected chi connectivity index (χ4v) is 9.97. The molecule has 1 saturated carbocycles. The molecular weight excluding hydrogens is 876 g/mol. The van der Waals surface area contributed by atoms with Crippen LogP contribution in [0.15, 0.2) is 0 Å². The highest BCUT2D eigenvalue weighted by atomic mass is 31.2. The lowest BCUT2D eigenvalue weighted by Gasteiger charge is -2.41. The molecule has 0 bridgehead atoms. The van der Waals surface area contributed by atoms with Crippen molar-refractivity contribution in [3.05, 3.63) is 0 Å². The largest absolute Gasteiger partial charge is 0.472 e. The molecule has 0 saturated heterocycles. The van der Waals surface area contributed by atoms with Crippen molar-refractivity contribution in [1.29, 1.82) is 0 Å². The van der Waals surface area contributed by atoms with E-state index in [1.54, 1.807) is 0 Å². The number of hydrogen-bond acceptors (Lipinski definition) is 12. The van der Waals surface area contributed by atoms with Crippen LogP contribution in [-0.4, -0.2) is 98.3 Å². The van der Waals surface area contributed by atoms with Crippen molar-refractivity contribution in [2.45, 2.75) is 313 Å². The third-order valence-electron chi connectivity index (χ3n) is 13.4. The second-order valence-corrected chi connectivity index (χ2v) is 21.2. The molecule has 398 valence electrons. The smallest absolute Gasteiger partial charge is 0.462 e. The van der Waals surface area contributed by atoms with Crippen molar-refractivity contribution in [2.24, 2.45) is 0 Å². The lowest BCUT2D eigenvalue weighted by atomic mass is 9.85. The van der Waals surface area contributed by atoms with E-state index in [0.29, 0.717) is 12.8 Å². The first-order chi connectivity index (χ1) is 32.4. The van der Waals surface area contributed by atoms with Crippen LogP contribution in [-0.2, 0) is 32.7 Å². The van der Waals surface area contributed by atoms with E-state index in [4.69, 9.17) is 18.5 Å². The number of ether oxygens (including phenoxy) is 2. The summed E-state index contributed by atoms with van der Waals surface area (Å²) in [4.78, 5) is 35.9. The minimum atomic E-state index is -5.12. The molecule has 1 fully saturated rings. The average Bonchev–Trinajstić information content (AvgIpc) is 3.31. The number of aliphatic hydroxyl groups is 5. The van der Waals surface area contributed by atoms with Gasteiger partial charge in [-0.3, -0.25) is 18.6 Å². The fourth-order valence-electron chi connectivity index (χ4n) is 9.00. The number of rotatable bonds is 48. The molecule has 1 rings (SSSR count). The van der Waals surface area contributed by atoms with E-state index >= 15 is 0 Å². The van der Waals surface area contributed by atoms with Gasteiger partial charge in [0.15, 0.2) is 6.10 Å². The summed E-state index contributed by atoms with van der Waals surface area (Å²) in [7, 11) is -5.12. The Morgan fingerprint density at radius 2 is 0.672 bits per heavy atom. The molecule has 0 radical (unpaired) electrons. The van der Waals surface area contributed by atoms with Gasteiger partial charge in [0.25, 0.3) is 0 Å². The minimum absolute atomic E-state index is 0.106. The summed E-state index contributed by atoms with van der Waals surface area (Å²) in [5.41, 5.74) is 0. The van der Waals surface area contributed by atoms with E-state index in [-0.39, 0.29) is 12.8 Å². The van der Waals surface area contributed by atoms with E-state index < -0.39 is 75.7 Å². The van der Waals surface area contributed by atoms with Gasteiger partial charge in [-0.05, 0) is 12.8 Å². The Morgan fingerprint density at radius 3 is 0.985 bits per heavy atom. The summed E-state index contributed by atoms with van der Waals surface area (Å²) in [5, 5.41) is 50.3. The minimum Gasteiger partial charge on any atom is -0.462 e. The molecular formula is C53H103O13P. The summed E-state index contributed by atoms with van der Waals surface area (Å²) in [6.07, 6.45) is 34.3. The van der Waals surface area contributed by atoms with E-state index in [1.807, 2.05) is 0 Å². The van der Waals surface area contributed by atoms with Gasteiger partial charge in [0, 0.05) is 12.8 Å². The third kappa shape index (κ3) is 35.6. The van der Waals surface area contributed by atoms with E-state index in [1.165, 1.54) is 193 Å². The van der Waals surface area contributed by atoms with E-state index in [0.717, 1.165) is 38.5 Å². The predicted molar refractivity (Wildman–Crippen MR) is 268 cm³/mol. The molecule has 0 spiro atoms. The molecule has 67 heavy (non-hydrogen) atoms. The molecule has 14 heteroatoms. The molecule has 0 aromatic heterocycles. The Morgan fingerprint density at radius 1 is 0.403 bits per heavy atom. The van der Waals surface area contributed by atoms with Gasteiger partial charge in [-0.15, -0.1) is 0 Å². The second kappa shape index (κ2) is 43.6. The molecule has 1 aliphatic carbocycles. The zero-order valence-corrected chi connectivity index (χ0v) is 43.6. The Labute approximate surface area is 408 Å². The summed E-state index contributed by atoms with van der Waals surface area (Å²) in [5.74, 6) is -1.08. The maximum atomic E-state index is 12.9. The van der Waals surface area contributed by atoms with Gasteiger partial charge in [0.1, 0.15) is 43.2 Å². The van der Waals surface area contributed by atoms with Crippen LogP contribution in [0.5, 0.6) is 0 Å². The number of aliphatic hydroxyl groups excluding tert-OH is 5. The third-order valence-corrected chi connectivity index (χ3v) is 14.4. The van der Waals surface area contributed by atoms with Gasteiger partial charge in [-0.2, -0.15) is 0 Å². The van der Waals surface area contributed by atoms with Crippen LogP contribution >= 0.6 is 7.82 Å². The zero-order chi connectivity index (χ0) is 49.2. The van der Waals surface area contributed by atoms with Crippen LogP contribution < -0.4 is 0 Å². The van der Waals surface area contributed by atoms with Crippen LogP contribution in [0.1, 0.15) is 271 Å². The zero-order valence-electron chi connectivity index (χ0n) is 42.7. The number of carbonyl (C=O) groups excluding carboxylic acids is 2. The fraction of sp³-hybridized carbons (Fsp3) is 0.962. The lowest BCUT2D eigenvalue weighted by molar-refractivity contribution is -0.220. The molecule has 0 aliphatic heterocycles. The SMILES string of the molecule is CCCCCCCCCCCCCCCCCCCCCCCC(=O)OC(COC(=O)CCCCCCCCCCCCCCCCCCC)COP(=O)(O)OC1C(O)C(O)C(O)C(O)C1O. The summed E-state index contributed by atoms with van der Waals surface area (Å²) in [6.45, 7) is 3.37. The highest BCUT2D eigenvalue weighted by Gasteiger charge is 2.51. The first-order valence-corrected chi connectivity index (χ1v) is 29.3. The summed E-state index contributed by atoms with van der Waals surface area (Å²) >= 11 is 0. The molecule has 13 nitrogen and oxygen atoms in total. The highest BCUT2D eigenvalue weighted by Crippen LogP contribution is 2.47. The number of esters is 2. The topological polar surface area (TPSA) is 210 Å². The van der Waals surface area contributed by atoms with E-state index in [2.05, 4.69) is 13.8 Å². The average molecular weight is 979 g/mol. The molecule has 6 unspecified atom stereocenters. The quantitative estimate of drug-likeness (QED) is 0.0191. The number of phosphoric acid groups is 1. The van der Waals surface area contributed by atoms with Crippen molar-refractivity contribution in [3.8, 4) is 0 Å². The molecule has 0 aromatic carbocycles. The Kier molecular flexibility index (Phi) is 41.6. The van der Waals surface area contributed by atoms with Gasteiger partial charge in [-0.1, -0.05) is 245 Å². The second-order valence-electron chi connectivity index (χ2n) is 19.8. The van der Waals surface area contributed by atoms with Gasteiger partial charge in [0.2, 0.25) is 0 Å². The Balaban J connectivity index is 2.33. The molecule has 0 amide bonds. The lowest BCUT2D eigenvalue weighted by Crippen LogP contribution is -2.64. The van der Waals surface area contributed by atoms with Crippen LogP contribution in [0.2, 0.25) is 0 Å². The first kappa shape index (κ1) is 63.9. The Hall–Kier alpha value is -1.15. The number of unbranched alkanes of at least 4 members (excludes halogenated alkanes) is 36. The van der Waals surface area contributed by atoms with E-state index in [9.17, 15) is 44.6 Å². The number of carbonyl (C=O) groups is 2. The maximum Gasteiger partial charge on any atom is 0.472 e. The highest BCUT2D eigenvalue weighted by molar-refractivity contribution is 7.47. The first-order valence-electron chi connectivity index (χ1n) is 27.8. The van der Waals surface area contributed by atoms with Crippen molar-refractivity contribution >= 4 is 19.8 Å². The van der Waals surface area contributed by atoms with Crippen LogP contribution in [0.3, 0.4) is 0 Å².